The Morgan fingerprint density at radius 1 is 1.05 bits per heavy atom. The summed E-state index contributed by atoms with van der Waals surface area (Å²) in [6.07, 6.45) is 0. The van der Waals surface area contributed by atoms with Crippen molar-refractivity contribution < 1.29 is 9.59 Å². The standard InChI is InChI=1S/C15H15N3O2/c1-9-8-14(10(2)18-17-9)15(20)16-13-6-4-12(5-7-13)11(3)19/h4-8H,1-3H3,(H,16,20). The van der Waals surface area contributed by atoms with Crippen molar-refractivity contribution in [3.63, 3.8) is 0 Å². The number of anilines is 1. The Labute approximate surface area is 117 Å². The summed E-state index contributed by atoms with van der Waals surface area (Å²) in [6, 6.07) is 8.46. The molecule has 0 aliphatic carbocycles. The van der Waals surface area contributed by atoms with Crippen LogP contribution in [0.5, 0.6) is 0 Å². The van der Waals surface area contributed by atoms with E-state index in [9.17, 15) is 9.59 Å². The van der Waals surface area contributed by atoms with Crippen LogP contribution in [0.2, 0.25) is 0 Å². The van der Waals surface area contributed by atoms with Crippen molar-refractivity contribution in [2.24, 2.45) is 0 Å². The smallest absolute Gasteiger partial charge is 0.257 e. The first-order chi connectivity index (χ1) is 9.47. The van der Waals surface area contributed by atoms with E-state index in [1.54, 1.807) is 44.2 Å². The summed E-state index contributed by atoms with van der Waals surface area (Å²) >= 11 is 0. The molecule has 2 rings (SSSR count). The van der Waals surface area contributed by atoms with E-state index in [2.05, 4.69) is 15.5 Å². The topological polar surface area (TPSA) is 72.0 Å². The summed E-state index contributed by atoms with van der Waals surface area (Å²) in [7, 11) is 0. The summed E-state index contributed by atoms with van der Waals surface area (Å²) in [5.41, 5.74) is 3.00. The molecular formula is C15H15N3O2. The fourth-order valence-electron chi connectivity index (χ4n) is 1.77. The molecule has 5 nitrogen and oxygen atoms in total. The Morgan fingerprint density at radius 3 is 2.30 bits per heavy atom. The van der Waals surface area contributed by atoms with Crippen molar-refractivity contribution in [2.45, 2.75) is 20.8 Å². The molecule has 5 heteroatoms. The molecule has 1 aromatic carbocycles. The molecule has 20 heavy (non-hydrogen) atoms. The number of ketones is 1. The minimum atomic E-state index is -0.240. The van der Waals surface area contributed by atoms with E-state index >= 15 is 0 Å². The monoisotopic (exact) mass is 269 g/mol. The predicted molar refractivity (Wildman–Crippen MR) is 75.9 cm³/mol. The molecule has 0 unspecified atom stereocenters. The van der Waals surface area contributed by atoms with Gasteiger partial charge >= 0.3 is 0 Å². The third-order valence-corrected chi connectivity index (χ3v) is 2.89. The maximum Gasteiger partial charge on any atom is 0.257 e. The third kappa shape index (κ3) is 3.06. The van der Waals surface area contributed by atoms with Crippen LogP contribution in [0.4, 0.5) is 5.69 Å². The van der Waals surface area contributed by atoms with Crippen LogP contribution in [-0.4, -0.2) is 21.9 Å². The second-order valence-electron chi connectivity index (χ2n) is 4.57. The highest BCUT2D eigenvalue weighted by molar-refractivity contribution is 6.05. The minimum absolute atomic E-state index is 0.00678. The largest absolute Gasteiger partial charge is 0.322 e. The lowest BCUT2D eigenvalue weighted by Crippen LogP contribution is -2.15. The Bertz CT molecular complexity index is 663. The van der Waals surface area contributed by atoms with Crippen molar-refractivity contribution in [2.75, 3.05) is 5.32 Å². The molecule has 0 spiro atoms. The molecule has 0 bridgehead atoms. The normalized spacial score (nSPS) is 10.2. The maximum atomic E-state index is 12.2. The molecule has 0 atom stereocenters. The zero-order valence-electron chi connectivity index (χ0n) is 11.6. The van der Waals surface area contributed by atoms with Gasteiger partial charge in [0.2, 0.25) is 0 Å². The number of carbonyl (C=O) groups is 2. The number of amides is 1. The van der Waals surface area contributed by atoms with Crippen LogP contribution in [0.3, 0.4) is 0 Å². The lowest BCUT2D eigenvalue weighted by atomic mass is 10.1. The van der Waals surface area contributed by atoms with Crippen LogP contribution >= 0.6 is 0 Å². The van der Waals surface area contributed by atoms with E-state index in [0.29, 0.717) is 28.2 Å². The van der Waals surface area contributed by atoms with E-state index in [1.165, 1.54) is 6.92 Å². The van der Waals surface area contributed by atoms with Crippen LogP contribution in [-0.2, 0) is 0 Å². The van der Waals surface area contributed by atoms with Gasteiger partial charge in [0.05, 0.1) is 17.0 Å². The number of Topliss-reactive ketones (excluding diaryl/α,β-unsaturated/α-hetero) is 1. The summed E-state index contributed by atoms with van der Waals surface area (Å²) in [6.45, 7) is 5.02. The van der Waals surface area contributed by atoms with Gasteiger partial charge in [-0.1, -0.05) is 0 Å². The Balaban J connectivity index is 2.19. The molecule has 1 amide bonds. The van der Waals surface area contributed by atoms with E-state index < -0.39 is 0 Å². The van der Waals surface area contributed by atoms with Gasteiger partial charge in [-0.25, -0.2) is 0 Å². The molecule has 0 radical (unpaired) electrons. The molecule has 2 aromatic rings. The number of carbonyl (C=O) groups excluding carboxylic acids is 2. The quantitative estimate of drug-likeness (QED) is 0.869. The summed E-state index contributed by atoms with van der Waals surface area (Å²) in [4.78, 5) is 23.3. The van der Waals surface area contributed by atoms with Crippen molar-refractivity contribution in [1.29, 1.82) is 0 Å². The average Bonchev–Trinajstić information content (AvgIpc) is 2.42. The molecule has 1 aromatic heterocycles. The molecule has 0 saturated heterocycles. The number of aromatic nitrogens is 2. The number of hydrogen-bond donors (Lipinski definition) is 1. The lowest BCUT2D eigenvalue weighted by molar-refractivity contribution is 0.101. The maximum absolute atomic E-state index is 12.2. The van der Waals surface area contributed by atoms with Crippen LogP contribution in [0, 0.1) is 13.8 Å². The van der Waals surface area contributed by atoms with Crippen molar-refractivity contribution in [3.05, 3.63) is 52.8 Å². The highest BCUT2D eigenvalue weighted by atomic mass is 16.1. The van der Waals surface area contributed by atoms with Gasteiger partial charge in [0.25, 0.3) is 5.91 Å². The lowest BCUT2D eigenvalue weighted by Gasteiger charge is -2.07. The van der Waals surface area contributed by atoms with Gasteiger partial charge in [-0.3, -0.25) is 9.59 Å². The number of nitrogens with one attached hydrogen (secondary N) is 1. The van der Waals surface area contributed by atoms with Gasteiger partial charge in [0.1, 0.15) is 0 Å². The van der Waals surface area contributed by atoms with Crippen LogP contribution in [0.15, 0.2) is 30.3 Å². The number of hydrogen-bond acceptors (Lipinski definition) is 4. The van der Waals surface area contributed by atoms with E-state index in [4.69, 9.17) is 0 Å². The van der Waals surface area contributed by atoms with Crippen molar-refractivity contribution in [3.8, 4) is 0 Å². The molecule has 1 heterocycles. The summed E-state index contributed by atoms with van der Waals surface area (Å²) in [5.74, 6) is -0.247. The zero-order chi connectivity index (χ0) is 14.7. The zero-order valence-corrected chi connectivity index (χ0v) is 11.6. The predicted octanol–water partition coefficient (Wildman–Crippen LogP) is 2.55. The molecule has 0 saturated carbocycles. The van der Waals surface area contributed by atoms with E-state index in [0.717, 1.165) is 0 Å². The van der Waals surface area contributed by atoms with Gasteiger partial charge in [-0.05, 0) is 51.1 Å². The van der Waals surface area contributed by atoms with E-state index in [-0.39, 0.29) is 11.7 Å². The molecule has 0 fully saturated rings. The fourth-order valence-corrected chi connectivity index (χ4v) is 1.77. The number of rotatable bonds is 3. The van der Waals surface area contributed by atoms with E-state index in [1.807, 2.05) is 0 Å². The Morgan fingerprint density at radius 2 is 1.70 bits per heavy atom. The second-order valence-corrected chi connectivity index (χ2v) is 4.57. The first-order valence-corrected chi connectivity index (χ1v) is 6.20. The van der Waals surface area contributed by atoms with Gasteiger partial charge in [0, 0.05) is 11.3 Å². The van der Waals surface area contributed by atoms with Crippen molar-refractivity contribution in [1.82, 2.24) is 10.2 Å². The first-order valence-electron chi connectivity index (χ1n) is 6.20. The average molecular weight is 269 g/mol. The molecule has 102 valence electrons. The van der Waals surface area contributed by atoms with Gasteiger partial charge in [0.15, 0.2) is 5.78 Å². The minimum Gasteiger partial charge on any atom is -0.322 e. The number of benzene rings is 1. The Kier molecular flexibility index (Phi) is 3.89. The van der Waals surface area contributed by atoms with Gasteiger partial charge < -0.3 is 5.32 Å². The number of nitrogens with zero attached hydrogens (tertiary/aromatic N) is 2. The fraction of sp³-hybridized carbons (Fsp3) is 0.200. The van der Waals surface area contributed by atoms with Crippen molar-refractivity contribution >= 4 is 17.4 Å². The SMILES string of the molecule is CC(=O)c1ccc(NC(=O)c2cc(C)nnc2C)cc1. The molecular weight excluding hydrogens is 254 g/mol. The van der Waals surface area contributed by atoms with Crippen LogP contribution in [0.1, 0.15) is 39.0 Å². The summed E-state index contributed by atoms with van der Waals surface area (Å²) < 4.78 is 0. The first kappa shape index (κ1) is 13.9. The molecule has 0 aliphatic heterocycles. The third-order valence-electron chi connectivity index (χ3n) is 2.89. The van der Waals surface area contributed by atoms with Crippen LogP contribution < -0.4 is 5.32 Å². The highest BCUT2D eigenvalue weighted by Gasteiger charge is 2.11. The van der Waals surface area contributed by atoms with Gasteiger partial charge in [-0.15, -0.1) is 0 Å². The Hall–Kier alpha value is -2.56. The number of aryl methyl sites for hydroxylation is 2. The highest BCUT2D eigenvalue weighted by Crippen LogP contribution is 2.13. The van der Waals surface area contributed by atoms with Crippen LogP contribution in [0.25, 0.3) is 0 Å². The van der Waals surface area contributed by atoms with Gasteiger partial charge in [-0.2, -0.15) is 10.2 Å². The summed E-state index contributed by atoms with van der Waals surface area (Å²) in [5, 5.41) is 10.6. The molecule has 1 N–H and O–H groups in total. The second kappa shape index (κ2) is 5.61. The molecule has 0 aliphatic rings.